The van der Waals surface area contributed by atoms with Crippen molar-refractivity contribution in [3.8, 4) is 5.95 Å². The molecule has 0 aliphatic carbocycles. The molecule has 6 heterocycles. The fourth-order valence-corrected chi connectivity index (χ4v) is 6.43. The number of nitrogens with zero attached hydrogens (tertiary/aromatic N) is 9. The monoisotopic (exact) mass is 543 g/mol. The number of amides is 1. The Morgan fingerprint density at radius 1 is 0.975 bits per heavy atom. The minimum Gasteiger partial charge on any atom is -0.378 e. The molecule has 11 heteroatoms. The van der Waals surface area contributed by atoms with E-state index >= 15 is 0 Å². The molecule has 0 bridgehead atoms. The molecule has 3 aromatic heterocycles. The predicted octanol–water partition coefficient (Wildman–Crippen LogP) is 2.55. The molecule has 3 fully saturated rings. The Labute approximate surface area is 233 Å². The number of aryl methyl sites for hydroxylation is 2. The van der Waals surface area contributed by atoms with E-state index in [0.29, 0.717) is 31.6 Å². The Morgan fingerprint density at radius 3 is 2.58 bits per heavy atom. The number of para-hydroxylation sites is 2. The minimum absolute atomic E-state index is 0.0880. The molecule has 3 saturated heterocycles. The van der Waals surface area contributed by atoms with Gasteiger partial charge in [0.1, 0.15) is 11.6 Å². The van der Waals surface area contributed by atoms with Crippen LogP contribution in [0.15, 0.2) is 24.3 Å². The summed E-state index contributed by atoms with van der Waals surface area (Å²) in [5.41, 5.74) is 3.56. The number of morpholine rings is 1. The molecule has 0 spiro atoms. The smallest absolute Gasteiger partial charge is 0.239 e. The molecule has 0 saturated carbocycles. The number of carbonyl (C=O) groups is 1. The molecule has 1 amide bonds. The second-order valence-corrected chi connectivity index (χ2v) is 11.2. The highest BCUT2D eigenvalue weighted by Gasteiger charge is 2.33. The molecular formula is C29H37N9O2. The van der Waals surface area contributed by atoms with Gasteiger partial charge in [-0.25, -0.2) is 9.97 Å². The van der Waals surface area contributed by atoms with Crippen LogP contribution in [0.1, 0.15) is 37.8 Å². The Hall–Kier alpha value is -3.57. The fourth-order valence-electron chi connectivity index (χ4n) is 6.43. The molecular weight excluding hydrogens is 506 g/mol. The number of benzene rings is 1. The summed E-state index contributed by atoms with van der Waals surface area (Å²) < 4.78 is 9.84. The quantitative estimate of drug-likeness (QED) is 0.366. The summed E-state index contributed by atoms with van der Waals surface area (Å²) in [5.74, 6) is 3.75. The van der Waals surface area contributed by atoms with Crippen molar-refractivity contribution < 1.29 is 9.53 Å². The number of hydrogen-bond acceptors (Lipinski definition) is 8. The van der Waals surface area contributed by atoms with Crippen molar-refractivity contribution >= 4 is 33.9 Å². The lowest BCUT2D eigenvalue weighted by atomic mass is 10.1. The van der Waals surface area contributed by atoms with E-state index in [1.165, 1.54) is 0 Å². The van der Waals surface area contributed by atoms with Gasteiger partial charge >= 0.3 is 0 Å². The number of anilines is 1. The normalized spacial score (nSPS) is 20.4. The number of hydrogen-bond donors (Lipinski definition) is 0. The Balaban J connectivity index is 1.26. The summed E-state index contributed by atoms with van der Waals surface area (Å²) in [4.78, 5) is 39.9. The van der Waals surface area contributed by atoms with Crippen LogP contribution in [0.4, 0.5) is 5.82 Å². The van der Waals surface area contributed by atoms with Gasteiger partial charge in [-0.1, -0.05) is 19.1 Å². The molecule has 3 aliphatic heterocycles. The number of imidazole rings is 2. The van der Waals surface area contributed by atoms with Gasteiger partial charge in [0, 0.05) is 46.2 Å². The third-order valence-corrected chi connectivity index (χ3v) is 8.64. The van der Waals surface area contributed by atoms with Gasteiger partial charge in [0.05, 0.1) is 36.7 Å². The van der Waals surface area contributed by atoms with E-state index < -0.39 is 0 Å². The summed E-state index contributed by atoms with van der Waals surface area (Å²) in [5, 5.41) is 0. The topological polar surface area (TPSA) is 97.4 Å². The summed E-state index contributed by atoms with van der Waals surface area (Å²) in [6.45, 7) is 9.15. The zero-order chi connectivity index (χ0) is 27.2. The van der Waals surface area contributed by atoms with Crippen LogP contribution in [0, 0.1) is 5.92 Å². The second-order valence-electron chi connectivity index (χ2n) is 11.2. The number of ether oxygens (including phenoxy) is 1. The van der Waals surface area contributed by atoms with Crippen molar-refractivity contribution in [1.29, 1.82) is 0 Å². The molecule has 40 heavy (non-hydrogen) atoms. The van der Waals surface area contributed by atoms with Crippen molar-refractivity contribution in [2.24, 2.45) is 13.0 Å². The second kappa shape index (κ2) is 10.4. The number of carbonyl (C=O) groups excluding carboxylic acids is 1. The van der Waals surface area contributed by atoms with Crippen LogP contribution < -0.4 is 4.90 Å². The highest BCUT2D eigenvalue weighted by molar-refractivity contribution is 5.86. The number of rotatable bonds is 6. The highest BCUT2D eigenvalue weighted by atomic mass is 16.5. The minimum atomic E-state index is 0.0880. The van der Waals surface area contributed by atoms with Crippen molar-refractivity contribution in [2.45, 2.75) is 39.2 Å². The van der Waals surface area contributed by atoms with Crippen molar-refractivity contribution in [3.63, 3.8) is 0 Å². The lowest BCUT2D eigenvalue weighted by Crippen LogP contribution is -2.37. The van der Waals surface area contributed by atoms with Crippen LogP contribution in [0.2, 0.25) is 0 Å². The first kappa shape index (κ1) is 25.4. The number of fused-ring (bicyclic) bond motifs is 2. The molecule has 0 N–H and O–H groups in total. The van der Waals surface area contributed by atoms with E-state index in [-0.39, 0.29) is 5.92 Å². The van der Waals surface area contributed by atoms with Gasteiger partial charge in [-0.2, -0.15) is 9.97 Å². The maximum atomic E-state index is 13.0. The van der Waals surface area contributed by atoms with E-state index in [1.807, 2.05) is 25.2 Å². The molecule has 7 rings (SSSR count). The standard InChI is InChI=1S/C29H37N9O2/c1-3-23-30-21-8-4-5-9-22(21)38(23)29-32-26-25(27(33-29)36-14-16-40-17-15-36)31-24(34(26)2)19-35-13-10-20(18-35)28(39)37-11-6-7-12-37/h4-5,8-9,20H,3,6-7,10-19H2,1-2H3. The first-order chi connectivity index (χ1) is 19.6. The molecule has 1 unspecified atom stereocenters. The summed E-state index contributed by atoms with van der Waals surface area (Å²) in [7, 11) is 2.04. The Kier molecular flexibility index (Phi) is 6.63. The average Bonchev–Trinajstić information content (AvgIpc) is 3.80. The van der Waals surface area contributed by atoms with E-state index in [1.54, 1.807) is 0 Å². The van der Waals surface area contributed by atoms with Gasteiger partial charge in [-0.3, -0.25) is 14.3 Å². The highest BCUT2D eigenvalue weighted by Crippen LogP contribution is 2.30. The summed E-state index contributed by atoms with van der Waals surface area (Å²) >= 11 is 0. The van der Waals surface area contributed by atoms with Gasteiger partial charge in [0.2, 0.25) is 11.9 Å². The molecule has 1 atom stereocenters. The first-order valence-electron chi connectivity index (χ1n) is 14.6. The van der Waals surface area contributed by atoms with Gasteiger partial charge in [-0.05, 0) is 37.9 Å². The molecule has 0 radical (unpaired) electrons. The number of aromatic nitrogens is 6. The Morgan fingerprint density at radius 2 is 1.77 bits per heavy atom. The van der Waals surface area contributed by atoms with Crippen LogP contribution in [-0.4, -0.2) is 97.3 Å². The zero-order valence-electron chi connectivity index (χ0n) is 23.4. The molecule has 1 aromatic carbocycles. The molecule has 3 aliphatic rings. The Bertz CT molecular complexity index is 1550. The molecule has 11 nitrogen and oxygen atoms in total. The van der Waals surface area contributed by atoms with Crippen LogP contribution in [-0.2, 0) is 29.5 Å². The van der Waals surface area contributed by atoms with Crippen LogP contribution in [0.3, 0.4) is 0 Å². The van der Waals surface area contributed by atoms with E-state index in [4.69, 9.17) is 24.7 Å². The largest absolute Gasteiger partial charge is 0.378 e. The van der Waals surface area contributed by atoms with Crippen LogP contribution >= 0.6 is 0 Å². The summed E-state index contributed by atoms with van der Waals surface area (Å²) in [6, 6.07) is 8.15. The van der Waals surface area contributed by atoms with Gasteiger partial charge in [0.25, 0.3) is 0 Å². The third kappa shape index (κ3) is 4.41. The maximum absolute atomic E-state index is 13.0. The van der Waals surface area contributed by atoms with Crippen molar-refractivity contribution in [3.05, 3.63) is 35.9 Å². The van der Waals surface area contributed by atoms with Gasteiger partial charge in [-0.15, -0.1) is 0 Å². The zero-order valence-corrected chi connectivity index (χ0v) is 23.4. The van der Waals surface area contributed by atoms with Crippen LogP contribution in [0.25, 0.3) is 28.1 Å². The average molecular weight is 544 g/mol. The van der Waals surface area contributed by atoms with E-state index in [0.717, 1.165) is 105 Å². The summed E-state index contributed by atoms with van der Waals surface area (Å²) in [6.07, 6.45) is 3.94. The number of likely N-dealkylation sites (tertiary alicyclic amines) is 2. The first-order valence-corrected chi connectivity index (χ1v) is 14.6. The van der Waals surface area contributed by atoms with E-state index in [9.17, 15) is 4.79 Å². The lowest BCUT2D eigenvalue weighted by Gasteiger charge is -2.28. The van der Waals surface area contributed by atoms with Crippen molar-refractivity contribution in [1.82, 2.24) is 38.9 Å². The van der Waals surface area contributed by atoms with Gasteiger partial charge in [0.15, 0.2) is 17.0 Å². The van der Waals surface area contributed by atoms with Crippen LogP contribution in [0.5, 0.6) is 0 Å². The predicted molar refractivity (Wildman–Crippen MR) is 153 cm³/mol. The SMILES string of the molecule is CCc1nc2ccccc2n1-c1nc(N2CCOCC2)c2nc(CN3CCC(C(=O)N4CCCC4)C3)n(C)c2n1. The fraction of sp³-hybridized carbons (Fsp3) is 0.552. The molecule has 4 aromatic rings. The van der Waals surface area contributed by atoms with E-state index in [2.05, 4.69) is 36.8 Å². The third-order valence-electron chi connectivity index (χ3n) is 8.64. The molecule has 210 valence electrons. The maximum Gasteiger partial charge on any atom is 0.239 e. The lowest BCUT2D eigenvalue weighted by molar-refractivity contribution is -0.134. The van der Waals surface area contributed by atoms with Crippen molar-refractivity contribution in [2.75, 3.05) is 57.4 Å². The van der Waals surface area contributed by atoms with Gasteiger partial charge < -0.3 is 19.1 Å².